The van der Waals surface area contributed by atoms with Crippen LogP contribution in [0.4, 0.5) is 4.79 Å². The maximum atomic E-state index is 12.4. The lowest BCUT2D eigenvalue weighted by molar-refractivity contribution is -0.138. The summed E-state index contributed by atoms with van der Waals surface area (Å²) in [5.74, 6) is -0.344. The SMILES string of the molecule is COC(=O)N[C@@H](/C=C/c1ccccc1)[C@]1(C(C)=O)CCCC1=O. The lowest BCUT2D eigenvalue weighted by Crippen LogP contribution is -2.52. The van der Waals surface area contributed by atoms with Gasteiger partial charge in [0, 0.05) is 6.42 Å². The van der Waals surface area contributed by atoms with Crippen molar-refractivity contribution in [1.82, 2.24) is 5.32 Å². The number of alkyl carbamates (subject to hydrolysis) is 1. The van der Waals surface area contributed by atoms with Gasteiger partial charge in [-0.15, -0.1) is 0 Å². The largest absolute Gasteiger partial charge is 0.453 e. The van der Waals surface area contributed by atoms with E-state index in [2.05, 4.69) is 10.1 Å². The summed E-state index contributed by atoms with van der Waals surface area (Å²) >= 11 is 0. The number of carbonyl (C=O) groups is 3. The van der Waals surface area contributed by atoms with Crippen molar-refractivity contribution in [3.8, 4) is 0 Å². The van der Waals surface area contributed by atoms with Crippen LogP contribution in [0.25, 0.3) is 6.08 Å². The third-order valence-corrected chi connectivity index (χ3v) is 4.37. The van der Waals surface area contributed by atoms with Crippen molar-refractivity contribution in [2.75, 3.05) is 7.11 Å². The van der Waals surface area contributed by atoms with Crippen molar-refractivity contribution in [3.05, 3.63) is 42.0 Å². The number of hydrogen-bond donors (Lipinski definition) is 1. The Balaban J connectivity index is 2.36. The number of hydrogen-bond acceptors (Lipinski definition) is 4. The van der Waals surface area contributed by atoms with Crippen LogP contribution >= 0.6 is 0 Å². The number of amides is 1. The van der Waals surface area contributed by atoms with E-state index >= 15 is 0 Å². The van der Waals surface area contributed by atoms with Gasteiger partial charge < -0.3 is 10.1 Å². The van der Waals surface area contributed by atoms with E-state index in [1.165, 1.54) is 14.0 Å². The standard InChI is InChI=1S/C18H21NO4/c1-13(20)18(12-6-9-16(18)21)15(19-17(22)23-2)11-10-14-7-4-3-5-8-14/h3-5,7-8,10-11,15H,6,9,12H2,1-2H3,(H,19,22)/b11-10+/t15-,18+/m0/s1. The molecule has 2 atom stereocenters. The van der Waals surface area contributed by atoms with E-state index in [0.717, 1.165) is 5.56 Å². The van der Waals surface area contributed by atoms with Gasteiger partial charge in [0.05, 0.1) is 13.2 Å². The van der Waals surface area contributed by atoms with Gasteiger partial charge in [0.25, 0.3) is 0 Å². The van der Waals surface area contributed by atoms with Crippen LogP contribution in [0, 0.1) is 5.41 Å². The zero-order valence-electron chi connectivity index (χ0n) is 13.4. The van der Waals surface area contributed by atoms with Crippen molar-refractivity contribution in [3.63, 3.8) is 0 Å². The molecule has 5 nitrogen and oxygen atoms in total. The molecule has 2 rings (SSSR count). The van der Waals surface area contributed by atoms with E-state index in [1.807, 2.05) is 30.3 Å². The van der Waals surface area contributed by atoms with Crippen molar-refractivity contribution in [1.29, 1.82) is 0 Å². The van der Waals surface area contributed by atoms with Crippen LogP contribution in [-0.2, 0) is 14.3 Å². The Bertz CT molecular complexity index is 623. The van der Waals surface area contributed by atoms with Crippen LogP contribution in [0.3, 0.4) is 0 Å². The van der Waals surface area contributed by atoms with Crippen LogP contribution in [-0.4, -0.2) is 30.8 Å². The van der Waals surface area contributed by atoms with E-state index < -0.39 is 17.6 Å². The molecule has 23 heavy (non-hydrogen) atoms. The summed E-state index contributed by atoms with van der Waals surface area (Å²) in [5.41, 5.74) is -0.271. The highest BCUT2D eigenvalue weighted by atomic mass is 16.5. The average molecular weight is 315 g/mol. The molecule has 1 aliphatic carbocycles. The molecule has 122 valence electrons. The molecule has 1 aromatic carbocycles. The van der Waals surface area contributed by atoms with E-state index in [0.29, 0.717) is 19.3 Å². The normalized spacial score (nSPS) is 22.1. The van der Waals surface area contributed by atoms with E-state index in [1.54, 1.807) is 12.2 Å². The van der Waals surface area contributed by atoms with Crippen molar-refractivity contribution in [2.24, 2.45) is 5.41 Å². The number of methoxy groups -OCH3 is 1. The summed E-state index contributed by atoms with van der Waals surface area (Å²) in [6.07, 6.45) is 4.30. The Morgan fingerprint density at radius 1 is 1.30 bits per heavy atom. The van der Waals surface area contributed by atoms with Crippen LogP contribution in [0.15, 0.2) is 36.4 Å². The third kappa shape index (κ3) is 3.50. The predicted molar refractivity (Wildman–Crippen MR) is 86.8 cm³/mol. The first-order valence-corrected chi connectivity index (χ1v) is 7.63. The smallest absolute Gasteiger partial charge is 0.407 e. The predicted octanol–water partition coefficient (Wildman–Crippen LogP) is 2.75. The fourth-order valence-electron chi connectivity index (χ4n) is 3.10. The van der Waals surface area contributed by atoms with Gasteiger partial charge in [-0.1, -0.05) is 42.5 Å². The molecular formula is C18H21NO4. The Labute approximate surface area is 135 Å². The summed E-state index contributed by atoms with van der Waals surface area (Å²) < 4.78 is 4.65. The number of benzene rings is 1. The number of carbonyl (C=O) groups excluding carboxylic acids is 3. The molecule has 0 bridgehead atoms. The summed E-state index contributed by atoms with van der Waals surface area (Å²) in [6.45, 7) is 1.41. The number of nitrogens with one attached hydrogen (secondary N) is 1. The number of Topliss-reactive ketones (excluding diaryl/α,β-unsaturated/α-hetero) is 2. The minimum absolute atomic E-state index is 0.121. The quantitative estimate of drug-likeness (QED) is 0.848. The third-order valence-electron chi connectivity index (χ3n) is 4.37. The van der Waals surface area contributed by atoms with Crippen molar-refractivity contribution < 1.29 is 19.1 Å². The number of ether oxygens (including phenoxy) is 1. The molecule has 1 aromatic rings. The molecule has 1 fully saturated rings. The molecule has 1 saturated carbocycles. The summed E-state index contributed by atoms with van der Waals surface area (Å²) in [7, 11) is 1.25. The molecule has 5 heteroatoms. The van der Waals surface area contributed by atoms with Crippen LogP contribution in [0.5, 0.6) is 0 Å². The highest BCUT2D eigenvalue weighted by molar-refractivity contribution is 6.08. The highest BCUT2D eigenvalue weighted by Crippen LogP contribution is 2.39. The second-order valence-corrected chi connectivity index (χ2v) is 5.69. The van der Waals surface area contributed by atoms with E-state index in [-0.39, 0.29) is 11.6 Å². The molecule has 0 spiro atoms. The fourth-order valence-corrected chi connectivity index (χ4v) is 3.10. The molecule has 1 aliphatic rings. The zero-order valence-corrected chi connectivity index (χ0v) is 13.4. The summed E-state index contributed by atoms with van der Waals surface area (Å²) in [5, 5.41) is 2.64. The monoisotopic (exact) mass is 315 g/mol. The minimum Gasteiger partial charge on any atom is -0.453 e. The maximum Gasteiger partial charge on any atom is 0.407 e. The first-order chi connectivity index (χ1) is 11.0. The molecule has 0 aliphatic heterocycles. The second-order valence-electron chi connectivity index (χ2n) is 5.69. The Morgan fingerprint density at radius 3 is 2.52 bits per heavy atom. The van der Waals surface area contributed by atoms with Crippen LogP contribution in [0.1, 0.15) is 31.7 Å². The van der Waals surface area contributed by atoms with Crippen molar-refractivity contribution >= 4 is 23.7 Å². The lowest BCUT2D eigenvalue weighted by Gasteiger charge is -2.32. The Hall–Kier alpha value is -2.43. The van der Waals surface area contributed by atoms with Gasteiger partial charge in [0.2, 0.25) is 0 Å². The zero-order chi connectivity index (χ0) is 16.9. The van der Waals surface area contributed by atoms with Gasteiger partial charge in [-0.3, -0.25) is 9.59 Å². The topological polar surface area (TPSA) is 72.5 Å². The van der Waals surface area contributed by atoms with Gasteiger partial charge >= 0.3 is 6.09 Å². The number of ketones is 2. The van der Waals surface area contributed by atoms with E-state index in [9.17, 15) is 14.4 Å². The van der Waals surface area contributed by atoms with Gasteiger partial charge in [0.15, 0.2) is 0 Å². The maximum absolute atomic E-state index is 12.4. The van der Waals surface area contributed by atoms with Crippen LogP contribution in [0.2, 0.25) is 0 Å². The average Bonchev–Trinajstić information content (AvgIpc) is 2.94. The van der Waals surface area contributed by atoms with Gasteiger partial charge in [-0.05, 0) is 25.3 Å². The summed E-state index contributed by atoms with van der Waals surface area (Å²) in [4.78, 5) is 36.3. The first-order valence-electron chi connectivity index (χ1n) is 7.63. The lowest BCUT2D eigenvalue weighted by atomic mass is 9.74. The molecule has 1 N–H and O–H groups in total. The Kier molecular flexibility index (Phi) is 5.32. The molecule has 0 heterocycles. The molecule has 0 aromatic heterocycles. The van der Waals surface area contributed by atoms with Gasteiger partial charge in [0.1, 0.15) is 17.0 Å². The van der Waals surface area contributed by atoms with Gasteiger partial charge in [-0.25, -0.2) is 4.79 Å². The number of rotatable bonds is 5. The van der Waals surface area contributed by atoms with Gasteiger partial charge in [-0.2, -0.15) is 0 Å². The highest BCUT2D eigenvalue weighted by Gasteiger charge is 2.51. The molecule has 0 unspecified atom stereocenters. The molecule has 0 radical (unpaired) electrons. The van der Waals surface area contributed by atoms with Crippen LogP contribution < -0.4 is 5.32 Å². The minimum atomic E-state index is -1.19. The second kappa shape index (κ2) is 7.22. The Morgan fingerprint density at radius 2 is 2.00 bits per heavy atom. The fraction of sp³-hybridized carbons (Fsp3) is 0.389. The van der Waals surface area contributed by atoms with E-state index in [4.69, 9.17) is 0 Å². The molecule has 1 amide bonds. The van der Waals surface area contributed by atoms with Crippen molar-refractivity contribution in [2.45, 2.75) is 32.2 Å². The first kappa shape index (κ1) is 16.9. The summed E-state index contributed by atoms with van der Waals surface area (Å²) in [6, 6.07) is 8.78. The molecule has 0 saturated heterocycles. The molecular weight excluding hydrogens is 294 g/mol.